The van der Waals surface area contributed by atoms with Gasteiger partial charge >= 0.3 is 5.97 Å². The first-order chi connectivity index (χ1) is 19.9. The number of halogens is 1. The van der Waals surface area contributed by atoms with E-state index in [9.17, 15) is 9.59 Å². The molecule has 4 aromatic rings. The number of hydrogen-bond acceptors (Lipinski definition) is 6. The topological polar surface area (TPSA) is 97.4 Å². The van der Waals surface area contributed by atoms with Gasteiger partial charge in [-0.2, -0.15) is 0 Å². The number of nitrogens with zero attached hydrogens (tertiary/aromatic N) is 3. The van der Waals surface area contributed by atoms with Crippen LogP contribution < -0.4 is 4.74 Å². The zero-order valence-electron chi connectivity index (χ0n) is 24.5. The van der Waals surface area contributed by atoms with Gasteiger partial charge in [0.05, 0.1) is 18.9 Å². The van der Waals surface area contributed by atoms with Crippen LogP contribution in [0.15, 0.2) is 59.3 Å². The number of H-pyrrole nitrogens is 1. The van der Waals surface area contributed by atoms with Gasteiger partial charge in [0, 0.05) is 51.5 Å². The highest BCUT2D eigenvalue weighted by Crippen LogP contribution is 2.42. The van der Waals surface area contributed by atoms with E-state index in [-0.39, 0.29) is 6.10 Å². The number of carbonyl (C=O) groups is 2. The second kappa shape index (κ2) is 11.7. The Kier molecular flexibility index (Phi) is 8.26. The summed E-state index contributed by atoms with van der Waals surface area (Å²) in [6.45, 7) is 10.1. The van der Waals surface area contributed by atoms with Gasteiger partial charge in [0.25, 0.3) is 5.91 Å². The Labute approximate surface area is 255 Å². The van der Waals surface area contributed by atoms with Crippen LogP contribution in [-0.2, 0) is 20.7 Å². The predicted octanol–water partition coefficient (Wildman–Crippen LogP) is 6.07. The molecular formula is C32H33BrN4O4Si. The van der Waals surface area contributed by atoms with E-state index in [1.54, 1.807) is 17.3 Å². The Balaban J connectivity index is 1.63. The standard InChI is InChI=1S/C32H33BrN4O4Si/c1-19(2)41-28-12-8-20(17-35-28)25-10-7-21(18-34-25)31-30-24(23-15-22(33)9-11-26(23)36-30)16-27(32(39)40-3)37(31)29(38)13-14-42(4,5)6/h7-12,15,17-19,27,31,36H,16H2,1-6H3. The lowest BCUT2D eigenvalue weighted by atomic mass is 9.88. The molecule has 0 radical (unpaired) electrons. The van der Waals surface area contributed by atoms with Crippen LogP contribution in [0.5, 0.6) is 5.88 Å². The molecule has 5 rings (SSSR count). The molecule has 0 bridgehead atoms. The van der Waals surface area contributed by atoms with E-state index in [0.29, 0.717) is 12.3 Å². The van der Waals surface area contributed by atoms with E-state index in [0.717, 1.165) is 43.5 Å². The normalized spacial score (nSPS) is 16.5. The number of nitrogens with one attached hydrogen (secondary N) is 1. The zero-order valence-corrected chi connectivity index (χ0v) is 27.1. The van der Waals surface area contributed by atoms with E-state index in [2.05, 4.69) is 57.0 Å². The molecule has 42 heavy (non-hydrogen) atoms. The zero-order chi connectivity index (χ0) is 30.2. The van der Waals surface area contributed by atoms with Crippen LogP contribution in [0, 0.1) is 11.5 Å². The van der Waals surface area contributed by atoms with Crippen molar-refractivity contribution in [1.82, 2.24) is 19.9 Å². The summed E-state index contributed by atoms with van der Waals surface area (Å²) in [5.74, 6) is 2.50. The van der Waals surface area contributed by atoms with E-state index < -0.39 is 32.0 Å². The van der Waals surface area contributed by atoms with E-state index >= 15 is 0 Å². The highest BCUT2D eigenvalue weighted by Gasteiger charge is 2.44. The summed E-state index contributed by atoms with van der Waals surface area (Å²) in [5.41, 5.74) is 8.18. The number of hydrogen-bond donors (Lipinski definition) is 1. The molecule has 0 saturated heterocycles. The van der Waals surface area contributed by atoms with Crippen molar-refractivity contribution in [3.63, 3.8) is 0 Å². The van der Waals surface area contributed by atoms with E-state index in [1.165, 1.54) is 7.11 Å². The number of aromatic nitrogens is 3. The van der Waals surface area contributed by atoms with Crippen LogP contribution in [0.3, 0.4) is 0 Å². The molecule has 4 heterocycles. The molecule has 2 atom stereocenters. The largest absolute Gasteiger partial charge is 0.475 e. The molecule has 1 N–H and O–H groups in total. The fourth-order valence-electron chi connectivity index (χ4n) is 5.11. The second-order valence-electron chi connectivity index (χ2n) is 11.6. The first-order valence-electron chi connectivity index (χ1n) is 13.8. The minimum atomic E-state index is -1.87. The molecule has 0 fully saturated rings. The highest BCUT2D eigenvalue weighted by molar-refractivity contribution is 9.10. The summed E-state index contributed by atoms with van der Waals surface area (Å²) >= 11 is 3.58. The lowest BCUT2D eigenvalue weighted by Gasteiger charge is -2.39. The number of ether oxygens (including phenoxy) is 2. The van der Waals surface area contributed by atoms with Crippen LogP contribution in [0.1, 0.15) is 36.7 Å². The van der Waals surface area contributed by atoms with Crippen LogP contribution in [0.4, 0.5) is 0 Å². The van der Waals surface area contributed by atoms with Gasteiger partial charge in [-0.25, -0.2) is 9.78 Å². The minimum Gasteiger partial charge on any atom is -0.475 e. The number of amides is 1. The maximum atomic E-state index is 13.8. The van der Waals surface area contributed by atoms with Crippen molar-refractivity contribution in [1.29, 1.82) is 0 Å². The number of esters is 1. The van der Waals surface area contributed by atoms with Crippen molar-refractivity contribution < 1.29 is 19.1 Å². The maximum absolute atomic E-state index is 13.8. The highest BCUT2D eigenvalue weighted by atomic mass is 79.9. The Morgan fingerprint density at radius 2 is 1.88 bits per heavy atom. The van der Waals surface area contributed by atoms with Crippen molar-refractivity contribution in [2.24, 2.45) is 0 Å². The van der Waals surface area contributed by atoms with Gasteiger partial charge in [-0.05, 0) is 61.2 Å². The summed E-state index contributed by atoms with van der Waals surface area (Å²) in [6.07, 6.45) is 3.80. The molecule has 0 aliphatic carbocycles. The van der Waals surface area contributed by atoms with Gasteiger partial charge in [-0.1, -0.05) is 41.6 Å². The number of fused-ring (bicyclic) bond motifs is 3. The Bertz CT molecular complexity index is 1700. The number of pyridine rings is 2. The van der Waals surface area contributed by atoms with Gasteiger partial charge < -0.3 is 19.4 Å². The van der Waals surface area contributed by atoms with Crippen molar-refractivity contribution >= 4 is 46.8 Å². The van der Waals surface area contributed by atoms with Crippen molar-refractivity contribution in [2.75, 3.05) is 7.11 Å². The van der Waals surface area contributed by atoms with Crippen LogP contribution >= 0.6 is 15.9 Å². The summed E-state index contributed by atoms with van der Waals surface area (Å²) in [7, 11) is -0.526. The van der Waals surface area contributed by atoms with Gasteiger partial charge in [0.15, 0.2) is 0 Å². The SMILES string of the molecule is COC(=O)C1Cc2c([nH]c3ccc(Br)cc23)C(c2ccc(-c3ccc(OC(C)C)nc3)nc2)N1C(=O)C#C[Si](C)(C)C. The molecule has 1 amide bonds. The van der Waals surface area contributed by atoms with Crippen molar-refractivity contribution in [3.05, 3.63) is 76.2 Å². The molecule has 3 aromatic heterocycles. The van der Waals surface area contributed by atoms with Gasteiger partial charge in [-0.3, -0.25) is 9.78 Å². The van der Waals surface area contributed by atoms with Crippen molar-refractivity contribution in [2.45, 2.75) is 58.1 Å². The maximum Gasteiger partial charge on any atom is 0.328 e. The molecule has 1 aromatic carbocycles. The van der Waals surface area contributed by atoms with E-state index in [4.69, 9.17) is 14.5 Å². The van der Waals surface area contributed by atoms with Gasteiger partial charge in [-0.15, -0.1) is 5.54 Å². The number of aromatic amines is 1. The summed E-state index contributed by atoms with van der Waals surface area (Å²) in [4.78, 5) is 41.3. The third-order valence-corrected chi connectivity index (χ3v) is 8.30. The third-order valence-electron chi connectivity index (χ3n) is 6.93. The number of carbonyl (C=O) groups excluding carboxylic acids is 2. The molecule has 1 aliphatic heterocycles. The quantitative estimate of drug-likeness (QED) is 0.161. The molecule has 0 spiro atoms. The van der Waals surface area contributed by atoms with Crippen LogP contribution in [-0.4, -0.2) is 59.1 Å². The molecule has 216 valence electrons. The third kappa shape index (κ3) is 6.13. The second-order valence-corrected chi connectivity index (χ2v) is 17.3. The average Bonchev–Trinajstić information content (AvgIpc) is 3.31. The Morgan fingerprint density at radius 1 is 1.10 bits per heavy atom. The smallest absolute Gasteiger partial charge is 0.328 e. The Morgan fingerprint density at radius 3 is 2.50 bits per heavy atom. The number of methoxy groups -OCH3 is 1. The molecule has 10 heteroatoms. The first kappa shape index (κ1) is 29.5. The van der Waals surface area contributed by atoms with Gasteiger partial charge in [0.1, 0.15) is 20.2 Å². The number of rotatable bonds is 5. The summed E-state index contributed by atoms with van der Waals surface area (Å²) in [6, 6.07) is 12.0. The lowest BCUT2D eigenvalue weighted by molar-refractivity contribution is -0.153. The summed E-state index contributed by atoms with van der Waals surface area (Å²) < 4.78 is 11.8. The first-order valence-corrected chi connectivity index (χ1v) is 18.1. The average molecular weight is 646 g/mol. The van der Waals surface area contributed by atoms with Crippen LogP contribution in [0.25, 0.3) is 22.2 Å². The van der Waals surface area contributed by atoms with Gasteiger partial charge in [0.2, 0.25) is 5.88 Å². The Hall–Kier alpha value is -3.94. The monoisotopic (exact) mass is 644 g/mol. The molecule has 8 nitrogen and oxygen atoms in total. The summed E-state index contributed by atoms with van der Waals surface area (Å²) in [5, 5.41) is 0.984. The fourth-order valence-corrected chi connectivity index (χ4v) is 5.95. The van der Waals surface area contributed by atoms with E-state index in [1.807, 2.05) is 56.3 Å². The molecule has 1 aliphatic rings. The minimum absolute atomic E-state index is 0.0294. The predicted molar refractivity (Wildman–Crippen MR) is 169 cm³/mol. The number of benzene rings is 1. The van der Waals surface area contributed by atoms with Crippen LogP contribution in [0.2, 0.25) is 19.6 Å². The molecule has 2 unspecified atom stereocenters. The lowest BCUT2D eigenvalue weighted by Crippen LogP contribution is -2.51. The molecule has 0 saturated carbocycles. The molecular weight excluding hydrogens is 612 g/mol. The fraction of sp³-hybridized carbons (Fsp3) is 0.312. The van der Waals surface area contributed by atoms with Crippen molar-refractivity contribution in [3.8, 4) is 28.6 Å².